The van der Waals surface area contributed by atoms with Crippen molar-refractivity contribution < 1.29 is 19.4 Å². The number of nitrogens with zero attached hydrogens (tertiary/aromatic N) is 1. The number of rotatable bonds is 4. The van der Waals surface area contributed by atoms with Crippen molar-refractivity contribution in [2.24, 2.45) is 0 Å². The normalized spacial score (nSPS) is 21.9. The van der Waals surface area contributed by atoms with Gasteiger partial charge in [-0.15, -0.1) is 0 Å². The van der Waals surface area contributed by atoms with Gasteiger partial charge in [0, 0.05) is 18.0 Å². The topological polar surface area (TPSA) is 66.8 Å². The standard InChI is InChI=1S/C26H27NO4/c28-25(29)13-12-17-14-18-6-5-7-19(15-17)27(18)26(30)31-16-24-22-10-3-1-8-20(22)21-9-2-4-11-23(21)24/h1-4,8-12,18-19,24H,5-7,13-16H2,(H,28,29). The Kier molecular flexibility index (Phi) is 5.26. The molecule has 1 amide bonds. The van der Waals surface area contributed by atoms with Crippen molar-refractivity contribution in [2.45, 2.75) is 56.5 Å². The molecule has 160 valence electrons. The number of aliphatic carboxylic acids is 1. The first-order valence-electron chi connectivity index (χ1n) is 11.1. The number of carbonyl (C=O) groups excluding carboxylic acids is 1. The second kappa shape index (κ2) is 8.22. The lowest BCUT2D eigenvalue weighted by molar-refractivity contribution is -0.136. The average molecular weight is 418 g/mol. The van der Waals surface area contributed by atoms with E-state index in [1.165, 1.54) is 27.8 Å². The minimum absolute atomic E-state index is 0.0553. The molecule has 2 saturated heterocycles. The predicted octanol–water partition coefficient (Wildman–Crippen LogP) is 5.35. The highest BCUT2D eigenvalue weighted by molar-refractivity contribution is 5.79. The van der Waals surface area contributed by atoms with E-state index in [1.54, 1.807) is 0 Å². The van der Waals surface area contributed by atoms with Crippen LogP contribution < -0.4 is 0 Å². The number of hydrogen-bond donors (Lipinski definition) is 1. The monoisotopic (exact) mass is 417 g/mol. The molecule has 2 bridgehead atoms. The van der Waals surface area contributed by atoms with E-state index in [0.717, 1.165) is 32.1 Å². The molecule has 2 unspecified atom stereocenters. The second-order valence-corrected chi connectivity index (χ2v) is 8.82. The van der Waals surface area contributed by atoms with Crippen LogP contribution in [0.25, 0.3) is 11.1 Å². The third-order valence-electron chi connectivity index (χ3n) is 6.97. The summed E-state index contributed by atoms with van der Waals surface area (Å²) in [6.45, 7) is 0.338. The van der Waals surface area contributed by atoms with Crippen molar-refractivity contribution in [2.75, 3.05) is 6.61 Å². The minimum Gasteiger partial charge on any atom is -0.481 e. The molecule has 0 saturated carbocycles. The molecule has 0 radical (unpaired) electrons. The van der Waals surface area contributed by atoms with E-state index in [0.29, 0.717) is 6.61 Å². The molecule has 5 rings (SSSR count). The number of fused-ring (bicyclic) bond motifs is 5. The fourth-order valence-electron chi connectivity index (χ4n) is 5.62. The van der Waals surface area contributed by atoms with Gasteiger partial charge in [0.15, 0.2) is 0 Å². The van der Waals surface area contributed by atoms with Crippen molar-refractivity contribution in [1.29, 1.82) is 0 Å². The van der Waals surface area contributed by atoms with Gasteiger partial charge in [-0.2, -0.15) is 0 Å². The Labute approximate surface area is 182 Å². The zero-order valence-corrected chi connectivity index (χ0v) is 17.5. The highest BCUT2D eigenvalue weighted by Crippen LogP contribution is 2.45. The van der Waals surface area contributed by atoms with Gasteiger partial charge in [0.25, 0.3) is 0 Å². The lowest BCUT2D eigenvalue weighted by Crippen LogP contribution is -2.53. The van der Waals surface area contributed by atoms with Crippen molar-refractivity contribution in [1.82, 2.24) is 4.90 Å². The van der Waals surface area contributed by atoms with Crippen LogP contribution in [0, 0.1) is 0 Å². The molecule has 31 heavy (non-hydrogen) atoms. The molecule has 2 aromatic rings. The largest absolute Gasteiger partial charge is 0.481 e. The lowest BCUT2D eigenvalue weighted by Gasteiger charge is -2.46. The molecule has 0 aromatic heterocycles. The Morgan fingerprint density at radius 3 is 2.13 bits per heavy atom. The Morgan fingerprint density at radius 2 is 1.55 bits per heavy atom. The molecule has 2 aliphatic heterocycles. The van der Waals surface area contributed by atoms with E-state index in [-0.39, 0.29) is 30.5 Å². The highest BCUT2D eigenvalue weighted by Gasteiger charge is 2.40. The quantitative estimate of drug-likeness (QED) is 0.681. The summed E-state index contributed by atoms with van der Waals surface area (Å²) in [6.07, 6.45) is 6.18. The third kappa shape index (κ3) is 3.73. The smallest absolute Gasteiger partial charge is 0.410 e. The number of amides is 1. The van der Waals surface area contributed by atoms with Gasteiger partial charge in [-0.1, -0.05) is 60.2 Å². The molecule has 5 heteroatoms. The van der Waals surface area contributed by atoms with E-state index in [1.807, 2.05) is 35.2 Å². The highest BCUT2D eigenvalue weighted by atomic mass is 16.6. The summed E-state index contributed by atoms with van der Waals surface area (Å²) >= 11 is 0. The van der Waals surface area contributed by atoms with E-state index >= 15 is 0 Å². The molecule has 0 spiro atoms. The maximum absolute atomic E-state index is 13.2. The van der Waals surface area contributed by atoms with Crippen molar-refractivity contribution in [3.63, 3.8) is 0 Å². The van der Waals surface area contributed by atoms with Gasteiger partial charge in [-0.3, -0.25) is 4.79 Å². The molecule has 2 fully saturated rings. The van der Waals surface area contributed by atoms with Crippen LogP contribution in [0.1, 0.15) is 55.6 Å². The van der Waals surface area contributed by atoms with Crippen LogP contribution >= 0.6 is 0 Å². The number of carbonyl (C=O) groups is 2. The number of carboxylic acids is 1. The number of hydrogen-bond acceptors (Lipinski definition) is 3. The van der Waals surface area contributed by atoms with Crippen LogP contribution in [0.2, 0.25) is 0 Å². The fraction of sp³-hybridized carbons (Fsp3) is 0.385. The van der Waals surface area contributed by atoms with Gasteiger partial charge in [-0.25, -0.2) is 4.79 Å². The summed E-state index contributed by atoms with van der Waals surface area (Å²) < 4.78 is 5.92. The van der Waals surface area contributed by atoms with Crippen LogP contribution in [0.5, 0.6) is 0 Å². The Morgan fingerprint density at radius 1 is 0.968 bits per heavy atom. The first kappa shape index (κ1) is 19.9. The molecular formula is C26H27NO4. The van der Waals surface area contributed by atoms with Crippen LogP contribution in [0.15, 0.2) is 60.2 Å². The molecule has 1 N–H and O–H groups in total. The zero-order valence-electron chi connectivity index (χ0n) is 17.5. The summed E-state index contributed by atoms with van der Waals surface area (Å²) in [7, 11) is 0. The van der Waals surface area contributed by atoms with Gasteiger partial charge in [0.2, 0.25) is 0 Å². The number of benzene rings is 2. The molecular weight excluding hydrogens is 390 g/mol. The van der Waals surface area contributed by atoms with Gasteiger partial charge >= 0.3 is 12.1 Å². The van der Waals surface area contributed by atoms with Crippen LogP contribution in [-0.4, -0.2) is 40.8 Å². The zero-order chi connectivity index (χ0) is 21.4. The summed E-state index contributed by atoms with van der Waals surface area (Å²) in [4.78, 5) is 26.0. The Bertz CT molecular complexity index is 982. The molecule has 3 aliphatic rings. The maximum atomic E-state index is 13.2. The summed E-state index contributed by atoms with van der Waals surface area (Å²) in [6, 6.07) is 16.9. The second-order valence-electron chi connectivity index (χ2n) is 8.82. The van der Waals surface area contributed by atoms with Gasteiger partial charge in [-0.05, 0) is 54.4 Å². The van der Waals surface area contributed by atoms with Gasteiger partial charge in [0.05, 0.1) is 6.42 Å². The van der Waals surface area contributed by atoms with Crippen LogP contribution in [-0.2, 0) is 9.53 Å². The van der Waals surface area contributed by atoms with E-state index in [2.05, 4.69) is 24.3 Å². The number of carboxylic acid groups (broad SMARTS) is 1. The summed E-state index contributed by atoms with van der Waals surface area (Å²) in [5.74, 6) is -0.747. The van der Waals surface area contributed by atoms with Crippen molar-refractivity contribution >= 4 is 12.1 Å². The van der Waals surface area contributed by atoms with Gasteiger partial charge in [0.1, 0.15) is 6.61 Å². The lowest BCUT2D eigenvalue weighted by atomic mass is 9.81. The summed E-state index contributed by atoms with van der Waals surface area (Å²) in [5, 5.41) is 8.97. The predicted molar refractivity (Wildman–Crippen MR) is 118 cm³/mol. The van der Waals surface area contributed by atoms with Crippen LogP contribution in [0.4, 0.5) is 4.79 Å². The maximum Gasteiger partial charge on any atom is 0.410 e. The van der Waals surface area contributed by atoms with Crippen LogP contribution in [0.3, 0.4) is 0 Å². The minimum atomic E-state index is -0.809. The average Bonchev–Trinajstić information content (AvgIpc) is 3.09. The first-order valence-corrected chi connectivity index (χ1v) is 11.1. The SMILES string of the molecule is O=C(O)CC=C1CC2CCCC(C1)N2C(=O)OCC1c2ccccc2-c2ccccc21. The Hall–Kier alpha value is -3.08. The molecule has 2 aromatic carbocycles. The third-order valence-corrected chi connectivity index (χ3v) is 6.97. The summed E-state index contributed by atoms with van der Waals surface area (Å²) in [5.41, 5.74) is 6.05. The van der Waals surface area contributed by atoms with Crippen molar-refractivity contribution in [3.05, 3.63) is 71.3 Å². The number of ether oxygens (including phenoxy) is 1. The first-order chi connectivity index (χ1) is 15.1. The van der Waals surface area contributed by atoms with E-state index in [4.69, 9.17) is 9.84 Å². The van der Waals surface area contributed by atoms with Crippen molar-refractivity contribution in [3.8, 4) is 11.1 Å². The Balaban J connectivity index is 1.30. The van der Waals surface area contributed by atoms with E-state index < -0.39 is 5.97 Å². The molecule has 5 nitrogen and oxygen atoms in total. The number of piperidine rings is 2. The molecule has 1 aliphatic carbocycles. The molecule has 2 atom stereocenters. The van der Waals surface area contributed by atoms with Gasteiger partial charge < -0.3 is 14.7 Å². The molecule has 2 heterocycles. The fourth-order valence-corrected chi connectivity index (χ4v) is 5.62. The van der Waals surface area contributed by atoms with E-state index in [9.17, 15) is 9.59 Å².